The fourth-order valence-electron chi connectivity index (χ4n) is 3.72. The first-order valence-corrected chi connectivity index (χ1v) is 12.8. The van der Waals surface area contributed by atoms with Crippen molar-refractivity contribution in [3.05, 3.63) is 83.4 Å². The lowest BCUT2D eigenvalue weighted by atomic mass is 10.1. The molecule has 0 bridgehead atoms. The molecule has 0 heterocycles. The van der Waals surface area contributed by atoms with Gasteiger partial charge in [-0.15, -0.1) is 0 Å². The average Bonchev–Trinajstić information content (AvgIpc) is 2.85. The largest absolute Gasteiger partial charge is 0.493 e. The van der Waals surface area contributed by atoms with Gasteiger partial charge < -0.3 is 14.8 Å². The van der Waals surface area contributed by atoms with Gasteiger partial charge in [0.15, 0.2) is 11.5 Å². The third-order valence-corrected chi connectivity index (χ3v) is 7.47. The van der Waals surface area contributed by atoms with Crippen LogP contribution in [0.1, 0.15) is 23.1 Å². The highest BCUT2D eigenvalue weighted by molar-refractivity contribution is 7.92. The van der Waals surface area contributed by atoms with Crippen molar-refractivity contribution >= 4 is 21.6 Å². The van der Waals surface area contributed by atoms with E-state index in [0.717, 1.165) is 23.1 Å². The van der Waals surface area contributed by atoms with Crippen molar-refractivity contribution in [1.82, 2.24) is 5.32 Å². The number of carbonyl (C=O) groups excluding carboxylic acids is 1. The number of benzene rings is 3. The Morgan fingerprint density at radius 1 is 0.914 bits per heavy atom. The summed E-state index contributed by atoms with van der Waals surface area (Å²) in [5, 5.41) is 2.86. The number of rotatable bonds is 11. The van der Waals surface area contributed by atoms with E-state index in [9.17, 15) is 13.2 Å². The van der Waals surface area contributed by atoms with E-state index in [1.165, 1.54) is 4.31 Å². The van der Waals surface area contributed by atoms with Gasteiger partial charge in [-0.1, -0.05) is 42.0 Å². The van der Waals surface area contributed by atoms with Crippen LogP contribution in [0.5, 0.6) is 11.5 Å². The Hall–Kier alpha value is -3.52. The summed E-state index contributed by atoms with van der Waals surface area (Å²) in [6.45, 7) is 3.83. The van der Waals surface area contributed by atoms with Gasteiger partial charge in [0.05, 0.1) is 24.8 Å². The summed E-state index contributed by atoms with van der Waals surface area (Å²) in [5.74, 6) is 0.955. The van der Waals surface area contributed by atoms with Crippen LogP contribution in [0.3, 0.4) is 0 Å². The van der Waals surface area contributed by atoms with Crippen molar-refractivity contribution in [2.24, 2.45) is 0 Å². The maximum atomic E-state index is 13.5. The molecule has 186 valence electrons. The van der Waals surface area contributed by atoms with Gasteiger partial charge in [0, 0.05) is 6.54 Å². The Balaban J connectivity index is 1.68. The lowest BCUT2D eigenvalue weighted by Crippen LogP contribution is -2.41. The number of hydrogen-bond donors (Lipinski definition) is 1. The molecule has 7 nitrogen and oxygen atoms in total. The van der Waals surface area contributed by atoms with Crippen LogP contribution in [0.15, 0.2) is 71.6 Å². The van der Waals surface area contributed by atoms with Crippen molar-refractivity contribution in [2.45, 2.75) is 31.6 Å². The smallest absolute Gasteiger partial charge is 0.264 e. The van der Waals surface area contributed by atoms with Gasteiger partial charge in [-0.3, -0.25) is 9.10 Å². The molecule has 0 radical (unpaired) electrons. The van der Waals surface area contributed by atoms with E-state index in [4.69, 9.17) is 9.47 Å². The van der Waals surface area contributed by atoms with Gasteiger partial charge in [0.1, 0.15) is 6.54 Å². The van der Waals surface area contributed by atoms with E-state index in [1.54, 1.807) is 50.6 Å². The van der Waals surface area contributed by atoms with Gasteiger partial charge in [-0.25, -0.2) is 8.42 Å². The van der Waals surface area contributed by atoms with Crippen molar-refractivity contribution in [3.63, 3.8) is 0 Å². The Morgan fingerprint density at radius 2 is 1.60 bits per heavy atom. The van der Waals surface area contributed by atoms with Crippen molar-refractivity contribution in [1.29, 1.82) is 0 Å². The minimum Gasteiger partial charge on any atom is -0.493 e. The fourth-order valence-corrected chi connectivity index (χ4v) is 5.21. The molecule has 0 spiro atoms. The molecule has 0 aliphatic carbocycles. The quantitative estimate of drug-likeness (QED) is 0.401. The molecule has 0 aromatic heterocycles. The Kier molecular flexibility index (Phi) is 8.76. The topological polar surface area (TPSA) is 84.9 Å². The van der Waals surface area contributed by atoms with Gasteiger partial charge >= 0.3 is 0 Å². The summed E-state index contributed by atoms with van der Waals surface area (Å²) in [6, 6.07) is 19.5. The molecule has 3 aromatic carbocycles. The van der Waals surface area contributed by atoms with Crippen LogP contribution in [0.4, 0.5) is 5.69 Å². The second kappa shape index (κ2) is 11.8. The number of methoxy groups -OCH3 is 2. The van der Waals surface area contributed by atoms with Gasteiger partial charge in [-0.05, 0) is 68.1 Å². The number of nitrogens with zero attached hydrogens (tertiary/aromatic N) is 1. The molecule has 3 rings (SSSR count). The third-order valence-electron chi connectivity index (χ3n) is 5.69. The molecule has 0 saturated heterocycles. The number of aryl methyl sites for hydroxylation is 3. The molecule has 1 N–H and O–H groups in total. The number of amides is 1. The maximum absolute atomic E-state index is 13.5. The first kappa shape index (κ1) is 26.1. The standard InChI is InChI=1S/C27H32N2O5S/c1-20-11-14-23(15-12-20)35(31,32)29(24-10-6-5-8-21(24)2)19-27(30)28-17-7-9-22-13-16-25(33-3)26(18-22)34-4/h5-6,8,10-16,18H,7,9,17,19H2,1-4H3,(H,28,30). The molecule has 8 heteroatoms. The molecule has 0 aliphatic heterocycles. The van der Waals surface area contributed by atoms with Gasteiger partial charge in [0.2, 0.25) is 5.91 Å². The predicted molar refractivity (Wildman–Crippen MR) is 138 cm³/mol. The molecule has 35 heavy (non-hydrogen) atoms. The van der Waals surface area contributed by atoms with Gasteiger partial charge in [0.25, 0.3) is 10.0 Å². The van der Waals surface area contributed by atoms with Crippen LogP contribution >= 0.6 is 0 Å². The van der Waals surface area contributed by atoms with Gasteiger partial charge in [-0.2, -0.15) is 0 Å². The molecule has 0 saturated carbocycles. The Labute approximate surface area is 207 Å². The second-order valence-electron chi connectivity index (χ2n) is 8.25. The van der Waals surface area contributed by atoms with E-state index in [1.807, 2.05) is 44.2 Å². The minimum absolute atomic E-state index is 0.146. The molecule has 1 amide bonds. The van der Waals surface area contributed by atoms with Crippen LogP contribution in [-0.4, -0.2) is 41.6 Å². The molecule has 0 atom stereocenters. The summed E-state index contributed by atoms with van der Waals surface area (Å²) >= 11 is 0. The van der Waals surface area contributed by atoms with Crippen LogP contribution in [-0.2, 0) is 21.2 Å². The normalized spacial score (nSPS) is 11.1. The number of para-hydroxylation sites is 1. The molecule has 0 fully saturated rings. The zero-order chi connectivity index (χ0) is 25.4. The zero-order valence-corrected chi connectivity index (χ0v) is 21.4. The van der Waals surface area contributed by atoms with Crippen molar-refractivity contribution < 1.29 is 22.7 Å². The second-order valence-corrected chi connectivity index (χ2v) is 10.1. The highest BCUT2D eigenvalue weighted by Crippen LogP contribution is 2.28. The monoisotopic (exact) mass is 496 g/mol. The number of anilines is 1. The van der Waals surface area contributed by atoms with Crippen LogP contribution < -0.4 is 19.1 Å². The number of sulfonamides is 1. The Bertz CT molecular complexity index is 1260. The van der Waals surface area contributed by atoms with E-state index < -0.39 is 10.0 Å². The van der Waals surface area contributed by atoms with Crippen molar-refractivity contribution in [2.75, 3.05) is 31.6 Å². The minimum atomic E-state index is -3.93. The number of ether oxygens (including phenoxy) is 2. The fraction of sp³-hybridized carbons (Fsp3) is 0.296. The average molecular weight is 497 g/mol. The molecule has 3 aromatic rings. The first-order valence-electron chi connectivity index (χ1n) is 11.4. The number of nitrogens with one attached hydrogen (secondary N) is 1. The maximum Gasteiger partial charge on any atom is 0.264 e. The van der Waals surface area contributed by atoms with Crippen molar-refractivity contribution in [3.8, 4) is 11.5 Å². The van der Waals surface area contributed by atoms with Crippen LogP contribution in [0.25, 0.3) is 0 Å². The SMILES string of the molecule is COc1ccc(CCCNC(=O)CN(c2ccccc2C)S(=O)(=O)c2ccc(C)cc2)cc1OC. The molecule has 0 unspecified atom stereocenters. The third kappa shape index (κ3) is 6.54. The first-order chi connectivity index (χ1) is 16.8. The Morgan fingerprint density at radius 3 is 2.26 bits per heavy atom. The highest BCUT2D eigenvalue weighted by atomic mass is 32.2. The molecular formula is C27H32N2O5S. The van der Waals surface area contributed by atoms with Crippen LogP contribution in [0.2, 0.25) is 0 Å². The summed E-state index contributed by atoms with van der Waals surface area (Å²) in [5.41, 5.74) is 3.26. The number of hydrogen-bond acceptors (Lipinski definition) is 5. The number of carbonyl (C=O) groups is 1. The predicted octanol–water partition coefficient (Wildman–Crippen LogP) is 4.26. The van der Waals surface area contributed by atoms with E-state index >= 15 is 0 Å². The summed E-state index contributed by atoms with van der Waals surface area (Å²) < 4.78 is 38.7. The van der Waals surface area contributed by atoms with E-state index in [-0.39, 0.29) is 17.3 Å². The summed E-state index contributed by atoms with van der Waals surface area (Å²) in [7, 11) is -0.750. The highest BCUT2D eigenvalue weighted by Gasteiger charge is 2.28. The molecule has 0 aliphatic rings. The molecular weight excluding hydrogens is 464 g/mol. The van der Waals surface area contributed by atoms with E-state index in [0.29, 0.717) is 30.2 Å². The summed E-state index contributed by atoms with van der Waals surface area (Å²) in [6.07, 6.45) is 1.42. The lowest BCUT2D eigenvalue weighted by molar-refractivity contribution is -0.119. The summed E-state index contributed by atoms with van der Waals surface area (Å²) in [4.78, 5) is 13.0. The van der Waals surface area contributed by atoms with Crippen LogP contribution in [0, 0.1) is 13.8 Å². The lowest BCUT2D eigenvalue weighted by Gasteiger charge is -2.25. The zero-order valence-electron chi connectivity index (χ0n) is 20.6. The van der Waals surface area contributed by atoms with E-state index in [2.05, 4.69) is 5.32 Å².